The van der Waals surface area contributed by atoms with Crippen LogP contribution in [0.2, 0.25) is 0 Å². The molecular weight excluding hydrogens is 440 g/mol. The average Bonchev–Trinajstić information content (AvgIpc) is 2.87. The van der Waals surface area contributed by atoms with Crippen molar-refractivity contribution >= 4 is 23.0 Å². The van der Waals surface area contributed by atoms with E-state index in [1.54, 1.807) is 24.3 Å². The fourth-order valence-electron chi connectivity index (χ4n) is 5.19. The van der Waals surface area contributed by atoms with Crippen LogP contribution in [-0.2, 0) is 0 Å². The normalized spacial score (nSPS) is 21.8. The van der Waals surface area contributed by atoms with Crippen molar-refractivity contribution in [1.29, 1.82) is 0 Å². The summed E-state index contributed by atoms with van der Waals surface area (Å²) in [5.41, 5.74) is 4.52. The highest BCUT2D eigenvalue weighted by Gasteiger charge is 2.43. The van der Waals surface area contributed by atoms with Gasteiger partial charge in [-0.25, -0.2) is 4.99 Å². The van der Waals surface area contributed by atoms with E-state index in [2.05, 4.69) is 22.2 Å². The molecule has 0 radical (unpaired) electrons. The van der Waals surface area contributed by atoms with E-state index in [-0.39, 0.29) is 11.6 Å². The van der Waals surface area contributed by atoms with E-state index < -0.39 is 6.10 Å². The molecular formula is C28H28N4O3. The van der Waals surface area contributed by atoms with Gasteiger partial charge in [0.05, 0.1) is 16.9 Å². The topological polar surface area (TPSA) is 74.2 Å². The van der Waals surface area contributed by atoms with Gasteiger partial charge in [0, 0.05) is 56.1 Å². The Morgan fingerprint density at radius 3 is 2.46 bits per heavy atom. The van der Waals surface area contributed by atoms with Crippen molar-refractivity contribution in [3.05, 3.63) is 82.1 Å². The van der Waals surface area contributed by atoms with E-state index in [0.717, 1.165) is 38.3 Å². The second kappa shape index (κ2) is 8.59. The van der Waals surface area contributed by atoms with Crippen LogP contribution in [0.25, 0.3) is 0 Å². The van der Waals surface area contributed by atoms with Gasteiger partial charge in [-0.2, -0.15) is 0 Å². The highest BCUT2D eigenvalue weighted by Crippen LogP contribution is 2.41. The molecule has 0 spiro atoms. The van der Waals surface area contributed by atoms with Gasteiger partial charge in [0.2, 0.25) is 0 Å². The summed E-state index contributed by atoms with van der Waals surface area (Å²) in [6, 6.07) is 12.9. The molecule has 178 valence electrons. The number of carbonyl (C=O) groups excluding carboxylic acids is 2. The number of ketones is 2. The summed E-state index contributed by atoms with van der Waals surface area (Å²) < 4.78 is 6.29. The zero-order valence-electron chi connectivity index (χ0n) is 20.0. The maximum Gasteiger partial charge on any atom is 0.196 e. The Kier molecular flexibility index (Phi) is 5.39. The van der Waals surface area contributed by atoms with Crippen molar-refractivity contribution in [2.45, 2.75) is 13.0 Å². The fraction of sp³-hybridized carbons (Fsp3) is 0.321. The van der Waals surface area contributed by atoms with Gasteiger partial charge in [0.25, 0.3) is 0 Å². The zero-order chi connectivity index (χ0) is 24.1. The molecule has 1 N–H and O–H groups in total. The number of Topliss-reactive ketones (excluding diaryl/α,β-unsaturated/α-hetero) is 2. The van der Waals surface area contributed by atoms with Crippen molar-refractivity contribution in [2.24, 2.45) is 4.99 Å². The lowest BCUT2D eigenvalue weighted by Gasteiger charge is -2.35. The first-order chi connectivity index (χ1) is 17.0. The first kappa shape index (κ1) is 21.9. The third kappa shape index (κ3) is 3.81. The van der Waals surface area contributed by atoms with Crippen LogP contribution in [0, 0.1) is 6.92 Å². The molecule has 7 nitrogen and oxygen atoms in total. The smallest absolute Gasteiger partial charge is 0.196 e. The zero-order valence-corrected chi connectivity index (χ0v) is 20.0. The standard InChI is InChI=1S/C28H28N4O3/c1-17-7-8-22-20(15-17)30-26-23(35-22)16-21(29-9-10-32-13-11-31(2)12-14-32)24-25(26)28(34)19-6-4-3-5-18(19)27(24)33/h3-8,15-16,23,29H,9-14H2,1-2H3. The lowest BCUT2D eigenvalue weighted by Crippen LogP contribution is -2.47. The first-order valence-electron chi connectivity index (χ1n) is 12.2. The molecule has 1 saturated heterocycles. The molecule has 6 rings (SSSR count). The highest BCUT2D eigenvalue weighted by atomic mass is 16.5. The van der Waals surface area contributed by atoms with E-state index in [1.807, 2.05) is 31.2 Å². The number of benzene rings is 2. The van der Waals surface area contributed by atoms with E-state index in [0.29, 0.717) is 51.7 Å². The molecule has 1 fully saturated rings. The van der Waals surface area contributed by atoms with Crippen LogP contribution in [0.4, 0.5) is 5.69 Å². The summed E-state index contributed by atoms with van der Waals surface area (Å²) in [5, 5.41) is 3.47. The Labute approximate surface area is 204 Å². The number of rotatable bonds is 4. The number of ether oxygens (including phenoxy) is 1. The SMILES string of the molecule is Cc1ccc2c(c1)N=C1C3=C(C(=O)c4ccccc4C3=O)C(NCCN3CCN(C)CC3)=CC1O2. The van der Waals surface area contributed by atoms with Gasteiger partial charge in [0.1, 0.15) is 11.4 Å². The number of piperazine rings is 1. The summed E-state index contributed by atoms with van der Waals surface area (Å²) in [6.45, 7) is 7.67. The largest absolute Gasteiger partial charge is 0.478 e. The highest BCUT2D eigenvalue weighted by molar-refractivity contribution is 6.40. The van der Waals surface area contributed by atoms with E-state index in [1.165, 1.54) is 0 Å². The van der Waals surface area contributed by atoms with Gasteiger partial charge in [-0.05, 0) is 37.7 Å². The molecule has 0 bridgehead atoms. The molecule has 4 aliphatic rings. The number of aryl methyl sites for hydroxylation is 1. The van der Waals surface area contributed by atoms with Crippen LogP contribution in [-0.4, -0.2) is 79.5 Å². The van der Waals surface area contributed by atoms with Crippen molar-refractivity contribution < 1.29 is 14.3 Å². The molecule has 35 heavy (non-hydrogen) atoms. The number of fused-ring (bicyclic) bond motifs is 4. The van der Waals surface area contributed by atoms with Crippen LogP contribution in [0.5, 0.6) is 5.75 Å². The van der Waals surface area contributed by atoms with E-state index >= 15 is 0 Å². The number of hydrogen-bond donors (Lipinski definition) is 1. The summed E-state index contributed by atoms with van der Waals surface area (Å²) in [7, 11) is 2.14. The minimum Gasteiger partial charge on any atom is -0.478 e. The quantitative estimate of drug-likeness (QED) is 0.744. The van der Waals surface area contributed by atoms with Gasteiger partial charge < -0.3 is 15.0 Å². The molecule has 2 aromatic rings. The first-order valence-corrected chi connectivity index (χ1v) is 12.2. The fourth-order valence-corrected chi connectivity index (χ4v) is 5.19. The number of carbonyl (C=O) groups is 2. The molecule has 2 heterocycles. The maximum atomic E-state index is 13.7. The summed E-state index contributed by atoms with van der Waals surface area (Å²) in [6.07, 6.45) is 1.38. The molecule has 0 aromatic heterocycles. The predicted octanol–water partition coefficient (Wildman–Crippen LogP) is 2.94. The summed E-state index contributed by atoms with van der Waals surface area (Å²) >= 11 is 0. The Morgan fingerprint density at radius 2 is 1.71 bits per heavy atom. The molecule has 0 saturated carbocycles. The molecule has 2 aromatic carbocycles. The number of nitrogens with one attached hydrogen (secondary N) is 1. The van der Waals surface area contributed by atoms with Crippen molar-refractivity contribution in [3.63, 3.8) is 0 Å². The van der Waals surface area contributed by atoms with E-state index in [9.17, 15) is 9.59 Å². The van der Waals surface area contributed by atoms with Crippen LogP contribution >= 0.6 is 0 Å². The predicted molar refractivity (Wildman–Crippen MR) is 135 cm³/mol. The minimum absolute atomic E-state index is 0.148. The summed E-state index contributed by atoms with van der Waals surface area (Å²) in [4.78, 5) is 37.0. The van der Waals surface area contributed by atoms with Gasteiger partial charge >= 0.3 is 0 Å². The lowest BCUT2D eigenvalue weighted by atomic mass is 9.76. The molecule has 1 atom stereocenters. The third-order valence-corrected chi connectivity index (χ3v) is 7.18. The van der Waals surface area contributed by atoms with Crippen LogP contribution < -0.4 is 10.1 Å². The number of allylic oxidation sites excluding steroid dienone is 1. The molecule has 1 unspecified atom stereocenters. The second-order valence-electron chi connectivity index (χ2n) is 9.61. The van der Waals surface area contributed by atoms with Crippen molar-refractivity contribution in [3.8, 4) is 5.75 Å². The summed E-state index contributed by atoms with van der Waals surface area (Å²) in [5.74, 6) is 0.353. The van der Waals surface area contributed by atoms with Gasteiger partial charge in [0.15, 0.2) is 17.7 Å². The number of aliphatic imine (C=N–C) groups is 1. The third-order valence-electron chi connectivity index (χ3n) is 7.18. The average molecular weight is 469 g/mol. The lowest BCUT2D eigenvalue weighted by molar-refractivity contribution is 0.0978. The molecule has 2 aliphatic carbocycles. The van der Waals surface area contributed by atoms with Crippen LogP contribution in [0.1, 0.15) is 26.3 Å². The Hall–Kier alpha value is -3.55. The van der Waals surface area contributed by atoms with Crippen LogP contribution in [0.3, 0.4) is 0 Å². The Balaban J connectivity index is 1.37. The number of hydrogen-bond acceptors (Lipinski definition) is 7. The molecule has 2 aliphatic heterocycles. The minimum atomic E-state index is -0.530. The number of likely N-dealkylation sites (N-methyl/N-ethyl adjacent to an activating group) is 1. The van der Waals surface area contributed by atoms with Gasteiger partial charge in [-0.3, -0.25) is 14.5 Å². The van der Waals surface area contributed by atoms with E-state index in [4.69, 9.17) is 9.73 Å². The maximum absolute atomic E-state index is 13.7. The molecule has 0 amide bonds. The molecule has 7 heteroatoms. The van der Waals surface area contributed by atoms with Gasteiger partial charge in [-0.1, -0.05) is 30.3 Å². The Bertz CT molecular complexity index is 1330. The van der Waals surface area contributed by atoms with Crippen molar-refractivity contribution in [2.75, 3.05) is 46.3 Å². The Morgan fingerprint density at radius 1 is 1.00 bits per heavy atom. The van der Waals surface area contributed by atoms with Crippen LogP contribution in [0.15, 0.2) is 70.4 Å². The number of nitrogens with zero attached hydrogens (tertiary/aromatic N) is 3. The van der Waals surface area contributed by atoms with Crippen molar-refractivity contribution in [1.82, 2.24) is 15.1 Å². The monoisotopic (exact) mass is 468 g/mol. The van der Waals surface area contributed by atoms with Gasteiger partial charge in [-0.15, -0.1) is 0 Å². The second-order valence-corrected chi connectivity index (χ2v) is 9.61.